The maximum Gasteiger partial charge on any atom is 0.313 e. The van der Waals surface area contributed by atoms with Crippen LogP contribution >= 0.6 is 0 Å². The molecular formula is C25H27N7O2. The largest absolute Gasteiger partial charge is 0.346 e. The minimum Gasteiger partial charge on any atom is -0.346 e. The number of carbonyl (C=O) groups is 2. The summed E-state index contributed by atoms with van der Waals surface area (Å²) in [5.74, 6) is -1.17. The summed E-state index contributed by atoms with van der Waals surface area (Å²) in [6, 6.07) is 9.47. The third kappa shape index (κ3) is 4.29. The van der Waals surface area contributed by atoms with Gasteiger partial charge in [0.25, 0.3) is 0 Å². The van der Waals surface area contributed by atoms with Gasteiger partial charge in [-0.2, -0.15) is 0 Å². The Bertz CT molecular complexity index is 1400. The summed E-state index contributed by atoms with van der Waals surface area (Å²) in [6.07, 6.45) is 8.19. The predicted molar refractivity (Wildman–Crippen MR) is 132 cm³/mol. The molecule has 0 radical (unpaired) electrons. The van der Waals surface area contributed by atoms with Crippen molar-refractivity contribution in [1.82, 2.24) is 29.3 Å². The fourth-order valence-corrected chi connectivity index (χ4v) is 4.28. The molecule has 1 aliphatic rings. The minimum absolute atomic E-state index is 0.393. The van der Waals surface area contributed by atoms with Crippen molar-refractivity contribution < 1.29 is 9.59 Å². The van der Waals surface area contributed by atoms with E-state index in [0.29, 0.717) is 25.2 Å². The van der Waals surface area contributed by atoms with Crippen molar-refractivity contribution in [3.63, 3.8) is 0 Å². The van der Waals surface area contributed by atoms with Crippen LogP contribution in [-0.2, 0) is 16.1 Å². The second kappa shape index (κ2) is 9.11. The lowest BCUT2D eigenvalue weighted by atomic mass is 9.99. The summed E-state index contributed by atoms with van der Waals surface area (Å²) < 4.78 is 2.08. The Labute approximate surface area is 197 Å². The van der Waals surface area contributed by atoms with E-state index in [9.17, 15) is 9.59 Å². The summed E-state index contributed by atoms with van der Waals surface area (Å²) in [6.45, 7) is 2.61. The summed E-state index contributed by atoms with van der Waals surface area (Å²) in [5.41, 5.74) is 5.42. The first kappa shape index (κ1) is 21.8. The van der Waals surface area contributed by atoms with Crippen LogP contribution in [0.5, 0.6) is 0 Å². The van der Waals surface area contributed by atoms with E-state index in [1.54, 1.807) is 29.6 Å². The van der Waals surface area contributed by atoms with Crippen molar-refractivity contribution >= 4 is 45.1 Å². The number of H-pyrrole nitrogens is 1. The summed E-state index contributed by atoms with van der Waals surface area (Å²) >= 11 is 0. The van der Waals surface area contributed by atoms with E-state index in [4.69, 9.17) is 0 Å². The van der Waals surface area contributed by atoms with Gasteiger partial charge in [0, 0.05) is 55.2 Å². The Hall–Kier alpha value is -3.98. The van der Waals surface area contributed by atoms with Gasteiger partial charge in [-0.15, -0.1) is 0 Å². The molecule has 2 N–H and O–H groups in total. The number of nitrogens with zero attached hydrogens (tertiary/aromatic N) is 5. The molecule has 2 amide bonds. The first-order valence-corrected chi connectivity index (χ1v) is 11.3. The van der Waals surface area contributed by atoms with Gasteiger partial charge in [0.1, 0.15) is 5.65 Å². The number of hydrogen-bond acceptors (Lipinski definition) is 5. The van der Waals surface area contributed by atoms with Crippen molar-refractivity contribution in [3.8, 4) is 0 Å². The molecule has 3 aromatic heterocycles. The van der Waals surface area contributed by atoms with E-state index in [1.807, 2.05) is 44.6 Å². The number of amides is 2. The molecule has 9 heteroatoms. The lowest BCUT2D eigenvalue weighted by Crippen LogP contribution is -2.41. The lowest BCUT2D eigenvalue weighted by Gasteiger charge is -2.26. The van der Waals surface area contributed by atoms with Crippen LogP contribution in [0.4, 0.5) is 5.69 Å². The van der Waals surface area contributed by atoms with Gasteiger partial charge in [-0.25, -0.2) is 9.97 Å². The summed E-state index contributed by atoms with van der Waals surface area (Å²) in [5, 5.41) is 3.79. The molecule has 0 spiro atoms. The van der Waals surface area contributed by atoms with Gasteiger partial charge in [-0.05, 0) is 56.4 Å². The van der Waals surface area contributed by atoms with Crippen molar-refractivity contribution in [2.75, 3.05) is 39.0 Å². The summed E-state index contributed by atoms with van der Waals surface area (Å²) in [7, 11) is 4.06. The molecule has 4 heterocycles. The fraction of sp³-hybridized carbons (Fsp3) is 0.280. The van der Waals surface area contributed by atoms with Crippen molar-refractivity contribution in [1.29, 1.82) is 0 Å². The number of anilines is 1. The highest BCUT2D eigenvalue weighted by Gasteiger charge is 2.25. The van der Waals surface area contributed by atoms with Crippen LogP contribution in [0, 0.1) is 0 Å². The number of fused-ring (bicyclic) bond motifs is 2. The third-order valence-electron chi connectivity index (χ3n) is 6.15. The number of aromatic nitrogens is 4. The topological polar surface area (TPSA) is 99.1 Å². The predicted octanol–water partition coefficient (Wildman–Crippen LogP) is 2.73. The Balaban J connectivity index is 1.23. The van der Waals surface area contributed by atoms with Gasteiger partial charge in [0.15, 0.2) is 0 Å². The lowest BCUT2D eigenvalue weighted by molar-refractivity contribution is -0.142. The molecule has 0 saturated heterocycles. The molecule has 0 fully saturated rings. The number of pyridine rings is 1. The van der Waals surface area contributed by atoms with E-state index in [-0.39, 0.29) is 0 Å². The standard InChI is InChI=1S/C25H27N7O2/c1-30(2)12-13-32-16-28-21-14-18(5-6-22(21)32)29-24(33)25(34)31-10-7-17(8-11-31)20-15-27-23-19(20)4-3-9-26-23/h3-7,9,14-16H,8,10-13H2,1-2H3,(H,26,27)(H,29,33). The average Bonchev–Trinajstić information content (AvgIpc) is 3.46. The van der Waals surface area contributed by atoms with Crippen LogP contribution in [-0.4, -0.2) is 74.9 Å². The quantitative estimate of drug-likeness (QED) is 0.449. The van der Waals surface area contributed by atoms with Gasteiger partial charge in [0.05, 0.1) is 17.4 Å². The highest BCUT2D eigenvalue weighted by Crippen LogP contribution is 2.28. The molecule has 0 bridgehead atoms. The number of likely N-dealkylation sites (N-methyl/N-ethyl adjacent to an activating group) is 1. The maximum atomic E-state index is 12.8. The van der Waals surface area contributed by atoms with Gasteiger partial charge < -0.3 is 24.7 Å². The van der Waals surface area contributed by atoms with Crippen LogP contribution in [0.3, 0.4) is 0 Å². The van der Waals surface area contributed by atoms with Gasteiger partial charge in [-0.1, -0.05) is 6.08 Å². The zero-order valence-electron chi connectivity index (χ0n) is 19.3. The minimum atomic E-state index is -0.639. The third-order valence-corrected chi connectivity index (χ3v) is 6.15. The molecule has 0 aliphatic carbocycles. The molecule has 1 aromatic carbocycles. The second-order valence-corrected chi connectivity index (χ2v) is 8.73. The number of benzene rings is 1. The Morgan fingerprint density at radius 1 is 1.21 bits per heavy atom. The van der Waals surface area contributed by atoms with E-state index in [2.05, 4.69) is 29.7 Å². The summed E-state index contributed by atoms with van der Waals surface area (Å²) in [4.78, 5) is 41.1. The molecule has 34 heavy (non-hydrogen) atoms. The van der Waals surface area contributed by atoms with Gasteiger partial charge in [0.2, 0.25) is 0 Å². The van der Waals surface area contributed by atoms with Crippen LogP contribution in [0.15, 0.2) is 55.1 Å². The van der Waals surface area contributed by atoms with E-state index in [1.165, 1.54) is 0 Å². The molecular weight excluding hydrogens is 430 g/mol. The fourth-order valence-electron chi connectivity index (χ4n) is 4.28. The molecule has 174 valence electrons. The molecule has 1 aliphatic heterocycles. The van der Waals surface area contributed by atoms with Gasteiger partial charge >= 0.3 is 11.8 Å². The number of carbonyl (C=O) groups excluding carboxylic acids is 2. The van der Waals surface area contributed by atoms with Crippen LogP contribution < -0.4 is 5.32 Å². The van der Waals surface area contributed by atoms with Crippen molar-refractivity contribution in [2.45, 2.75) is 13.0 Å². The maximum absolute atomic E-state index is 12.8. The van der Waals surface area contributed by atoms with Crippen LogP contribution in [0.1, 0.15) is 12.0 Å². The molecule has 9 nitrogen and oxygen atoms in total. The van der Waals surface area contributed by atoms with Crippen molar-refractivity contribution in [2.24, 2.45) is 0 Å². The molecule has 4 aromatic rings. The van der Waals surface area contributed by atoms with E-state index < -0.39 is 11.8 Å². The van der Waals surface area contributed by atoms with Crippen LogP contribution in [0.2, 0.25) is 0 Å². The normalized spacial score (nSPS) is 14.1. The zero-order chi connectivity index (χ0) is 23.7. The monoisotopic (exact) mass is 457 g/mol. The van der Waals surface area contributed by atoms with Crippen LogP contribution in [0.25, 0.3) is 27.6 Å². The zero-order valence-corrected chi connectivity index (χ0v) is 19.3. The number of rotatable bonds is 5. The highest BCUT2D eigenvalue weighted by atomic mass is 16.2. The number of imidazole rings is 1. The molecule has 0 saturated carbocycles. The van der Waals surface area contributed by atoms with E-state index >= 15 is 0 Å². The van der Waals surface area contributed by atoms with Crippen molar-refractivity contribution in [3.05, 3.63) is 60.7 Å². The average molecular weight is 458 g/mol. The van der Waals surface area contributed by atoms with E-state index in [0.717, 1.165) is 46.3 Å². The first-order valence-electron chi connectivity index (χ1n) is 11.3. The van der Waals surface area contributed by atoms with Gasteiger partial charge in [-0.3, -0.25) is 9.59 Å². The second-order valence-electron chi connectivity index (χ2n) is 8.73. The molecule has 5 rings (SSSR count). The SMILES string of the molecule is CN(C)CCn1cnc2cc(NC(=O)C(=O)N3CC=C(c4c[nH]c5ncccc45)CC3)ccc21. The number of nitrogens with one attached hydrogen (secondary N) is 2. The number of aromatic amines is 1. The molecule has 0 unspecified atom stereocenters. The Kier molecular flexibility index (Phi) is 5.85. The smallest absolute Gasteiger partial charge is 0.313 e. The molecule has 0 atom stereocenters. The highest BCUT2D eigenvalue weighted by molar-refractivity contribution is 6.39. The Morgan fingerprint density at radius 2 is 2.09 bits per heavy atom. The number of hydrogen-bond donors (Lipinski definition) is 2. The Morgan fingerprint density at radius 3 is 2.88 bits per heavy atom. The first-order chi connectivity index (χ1) is 16.5.